The molecule has 0 bridgehead atoms. The van der Waals surface area contributed by atoms with Crippen LogP contribution in [-0.2, 0) is 0 Å². The SMILES string of the molecule is Cc1cc(-n2cc(C(C)Cl)nn2)ccc1Br. The summed E-state index contributed by atoms with van der Waals surface area (Å²) < 4.78 is 2.82. The molecule has 0 aliphatic carbocycles. The van der Waals surface area contributed by atoms with Crippen molar-refractivity contribution in [3.05, 3.63) is 40.1 Å². The topological polar surface area (TPSA) is 30.7 Å². The van der Waals surface area contributed by atoms with Gasteiger partial charge in [-0.05, 0) is 37.6 Å². The molecule has 0 aliphatic heterocycles. The van der Waals surface area contributed by atoms with Crippen LogP contribution in [0, 0.1) is 6.92 Å². The van der Waals surface area contributed by atoms with E-state index in [9.17, 15) is 0 Å². The lowest BCUT2D eigenvalue weighted by atomic mass is 10.2. The predicted octanol–water partition coefficient (Wildman–Crippen LogP) is 3.64. The lowest BCUT2D eigenvalue weighted by Gasteiger charge is -2.03. The largest absolute Gasteiger partial charge is 0.220 e. The highest BCUT2D eigenvalue weighted by Crippen LogP contribution is 2.21. The maximum absolute atomic E-state index is 5.94. The summed E-state index contributed by atoms with van der Waals surface area (Å²) in [4.78, 5) is 0. The van der Waals surface area contributed by atoms with Crippen molar-refractivity contribution in [2.45, 2.75) is 19.2 Å². The first-order valence-electron chi connectivity index (χ1n) is 4.91. The third-order valence-corrected chi connectivity index (χ3v) is 3.44. The smallest absolute Gasteiger partial charge is 0.101 e. The lowest BCUT2D eigenvalue weighted by molar-refractivity contribution is 0.795. The normalized spacial score (nSPS) is 12.8. The summed E-state index contributed by atoms with van der Waals surface area (Å²) in [5.41, 5.74) is 2.92. The summed E-state index contributed by atoms with van der Waals surface area (Å²) in [6, 6.07) is 6.02. The van der Waals surface area contributed by atoms with Crippen molar-refractivity contribution in [2.75, 3.05) is 0 Å². The molecule has 0 fully saturated rings. The molecule has 84 valence electrons. The van der Waals surface area contributed by atoms with E-state index in [1.807, 2.05) is 38.2 Å². The highest BCUT2D eigenvalue weighted by Gasteiger charge is 2.08. The maximum Gasteiger partial charge on any atom is 0.101 e. The summed E-state index contributed by atoms with van der Waals surface area (Å²) >= 11 is 9.40. The Morgan fingerprint density at radius 3 is 2.75 bits per heavy atom. The number of aryl methyl sites for hydroxylation is 1. The average Bonchev–Trinajstić information content (AvgIpc) is 2.71. The molecule has 2 rings (SSSR count). The van der Waals surface area contributed by atoms with Crippen molar-refractivity contribution >= 4 is 27.5 Å². The summed E-state index contributed by atoms with van der Waals surface area (Å²) in [7, 11) is 0. The molecule has 1 atom stereocenters. The van der Waals surface area contributed by atoms with Crippen molar-refractivity contribution in [3.63, 3.8) is 0 Å². The van der Waals surface area contributed by atoms with E-state index in [0.717, 1.165) is 21.4 Å². The number of hydrogen-bond donors (Lipinski definition) is 0. The minimum atomic E-state index is -0.120. The fourth-order valence-corrected chi connectivity index (χ4v) is 1.70. The van der Waals surface area contributed by atoms with Crippen LogP contribution in [0.15, 0.2) is 28.9 Å². The highest BCUT2D eigenvalue weighted by molar-refractivity contribution is 9.10. The molecule has 1 aromatic carbocycles. The zero-order chi connectivity index (χ0) is 11.7. The highest BCUT2D eigenvalue weighted by atomic mass is 79.9. The van der Waals surface area contributed by atoms with Crippen LogP contribution in [0.1, 0.15) is 23.6 Å². The molecule has 0 amide bonds. The van der Waals surface area contributed by atoms with E-state index < -0.39 is 0 Å². The van der Waals surface area contributed by atoms with Crippen LogP contribution in [0.3, 0.4) is 0 Å². The van der Waals surface area contributed by atoms with Gasteiger partial charge in [0, 0.05) is 4.47 Å². The van der Waals surface area contributed by atoms with E-state index in [1.54, 1.807) is 4.68 Å². The van der Waals surface area contributed by atoms with Gasteiger partial charge in [0.1, 0.15) is 5.69 Å². The van der Waals surface area contributed by atoms with Gasteiger partial charge >= 0.3 is 0 Å². The molecular formula is C11H11BrClN3. The van der Waals surface area contributed by atoms with Gasteiger partial charge < -0.3 is 0 Å². The summed E-state index contributed by atoms with van der Waals surface area (Å²) in [6.45, 7) is 3.92. The third kappa shape index (κ3) is 2.28. The Kier molecular flexibility index (Phi) is 3.30. The van der Waals surface area contributed by atoms with Crippen LogP contribution >= 0.6 is 27.5 Å². The molecule has 5 heteroatoms. The van der Waals surface area contributed by atoms with Gasteiger partial charge in [0.25, 0.3) is 0 Å². The van der Waals surface area contributed by atoms with Gasteiger partial charge in [-0.15, -0.1) is 16.7 Å². The van der Waals surface area contributed by atoms with Crippen LogP contribution in [0.2, 0.25) is 0 Å². The zero-order valence-corrected chi connectivity index (χ0v) is 11.3. The first kappa shape index (κ1) is 11.6. The van der Waals surface area contributed by atoms with Crippen molar-refractivity contribution in [3.8, 4) is 5.69 Å². The molecule has 0 radical (unpaired) electrons. The fraction of sp³-hybridized carbons (Fsp3) is 0.273. The van der Waals surface area contributed by atoms with Crippen LogP contribution in [-0.4, -0.2) is 15.0 Å². The van der Waals surface area contributed by atoms with Crippen LogP contribution in [0.4, 0.5) is 0 Å². The minimum absolute atomic E-state index is 0.120. The maximum atomic E-state index is 5.94. The van der Waals surface area contributed by atoms with Crippen molar-refractivity contribution in [2.24, 2.45) is 0 Å². The number of hydrogen-bond acceptors (Lipinski definition) is 2. The van der Waals surface area contributed by atoms with Crippen molar-refractivity contribution < 1.29 is 0 Å². The lowest BCUT2D eigenvalue weighted by Crippen LogP contribution is -1.95. The summed E-state index contributed by atoms with van der Waals surface area (Å²) in [6.07, 6.45) is 1.85. The van der Waals surface area contributed by atoms with E-state index in [4.69, 9.17) is 11.6 Å². The predicted molar refractivity (Wildman–Crippen MR) is 68.1 cm³/mol. The molecule has 0 saturated carbocycles. The first-order chi connectivity index (χ1) is 7.58. The molecule has 0 saturated heterocycles. The Bertz CT molecular complexity index is 508. The van der Waals surface area contributed by atoms with Gasteiger partial charge in [0.2, 0.25) is 0 Å². The number of nitrogens with zero attached hydrogens (tertiary/aromatic N) is 3. The molecule has 1 unspecified atom stereocenters. The van der Waals surface area contributed by atoms with Gasteiger partial charge in [-0.2, -0.15) is 0 Å². The summed E-state index contributed by atoms with van der Waals surface area (Å²) in [5.74, 6) is 0. The molecule has 0 spiro atoms. The monoisotopic (exact) mass is 299 g/mol. The second kappa shape index (κ2) is 4.55. The van der Waals surface area contributed by atoms with Gasteiger partial charge in [-0.25, -0.2) is 4.68 Å². The Hall–Kier alpha value is -0.870. The molecule has 16 heavy (non-hydrogen) atoms. The number of benzene rings is 1. The van der Waals surface area contributed by atoms with Crippen LogP contribution < -0.4 is 0 Å². The van der Waals surface area contributed by atoms with Crippen LogP contribution in [0.5, 0.6) is 0 Å². The van der Waals surface area contributed by atoms with Gasteiger partial charge in [0.15, 0.2) is 0 Å². The van der Waals surface area contributed by atoms with Gasteiger partial charge in [0.05, 0.1) is 17.3 Å². The molecule has 0 aliphatic rings. The Labute approximate surface area is 108 Å². The van der Waals surface area contributed by atoms with Crippen LogP contribution in [0.25, 0.3) is 5.69 Å². The number of aromatic nitrogens is 3. The molecule has 3 nitrogen and oxygen atoms in total. The third-order valence-electron chi connectivity index (χ3n) is 2.32. The standard InChI is InChI=1S/C11H11BrClN3/c1-7-5-9(3-4-10(7)12)16-6-11(8(2)13)14-15-16/h3-6,8H,1-2H3. The quantitative estimate of drug-likeness (QED) is 0.793. The number of rotatable bonds is 2. The van der Waals surface area contributed by atoms with E-state index in [-0.39, 0.29) is 5.38 Å². The Morgan fingerprint density at radius 2 is 2.19 bits per heavy atom. The van der Waals surface area contributed by atoms with Crippen molar-refractivity contribution in [1.29, 1.82) is 0 Å². The summed E-state index contributed by atoms with van der Waals surface area (Å²) in [5, 5.41) is 7.94. The van der Waals surface area contributed by atoms with E-state index >= 15 is 0 Å². The van der Waals surface area contributed by atoms with E-state index in [2.05, 4.69) is 26.2 Å². The Morgan fingerprint density at radius 1 is 1.44 bits per heavy atom. The first-order valence-corrected chi connectivity index (χ1v) is 6.13. The molecule has 1 aromatic heterocycles. The van der Waals surface area contributed by atoms with E-state index in [1.165, 1.54) is 0 Å². The second-order valence-corrected chi connectivity index (χ2v) is 5.15. The van der Waals surface area contributed by atoms with Crippen molar-refractivity contribution in [1.82, 2.24) is 15.0 Å². The number of halogens is 2. The molecule has 0 N–H and O–H groups in total. The number of alkyl halides is 1. The Balaban J connectivity index is 2.39. The van der Waals surface area contributed by atoms with E-state index in [0.29, 0.717) is 0 Å². The second-order valence-electron chi connectivity index (χ2n) is 3.64. The van der Waals surface area contributed by atoms with Gasteiger partial charge in [-0.1, -0.05) is 21.1 Å². The molecule has 1 heterocycles. The fourth-order valence-electron chi connectivity index (χ4n) is 1.36. The molecular weight excluding hydrogens is 289 g/mol. The zero-order valence-electron chi connectivity index (χ0n) is 8.98. The molecule has 2 aromatic rings. The van der Waals surface area contributed by atoms with Gasteiger partial charge in [-0.3, -0.25) is 0 Å². The average molecular weight is 301 g/mol. The minimum Gasteiger partial charge on any atom is -0.220 e.